The minimum absolute atomic E-state index is 0.0994. The third-order valence-electron chi connectivity index (χ3n) is 3.04. The topological polar surface area (TPSA) is 104 Å². The number of benzene rings is 1. The molecule has 6 heteroatoms. The van der Waals surface area contributed by atoms with Crippen LogP contribution in [0.4, 0.5) is 0 Å². The summed E-state index contributed by atoms with van der Waals surface area (Å²) >= 11 is 0. The van der Waals surface area contributed by atoms with Crippen molar-refractivity contribution in [3.63, 3.8) is 0 Å². The zero-order valence-corrected chi connectivity index (χ0v) is 11.9. The van der Waals surface area contributed by atoms with Crippen LogP contribution in [0.2, 0.25) is 0 Å². The summed E-state index contributed by atoms with van der Waals surface area (Å²) < 4.78 is 0. The Hall–Kier alpha value is -1.92. The minimum atomic E-state index is -0.742. The molecule has 2 rings (SSSR count). The molecule has 0 radical (unpaired) electrons. The number of β-amino-alcohol motifs (C(OH)–C–C–N with tert-alkyl or cyclic N) is 1. The van der Waals surface area contributed by atoms with Gasteiger partial charge in [-0.15, -0.1) is 0 Å². The Labute approximate surface area is 117 Å². The van der Waals surface area contributed by atoms with E-state index in [9.17, 15) is 9.90 Å². The van der Waals surface area contributed by atoms with Gasteiger partial charge in [-0.2, -0.15) is 5.10 Å². The van der Waals surface area contributed by atoms with E-state index in [1.54, 1.807) is 18.2 Å². The van der Waals surface area contributed by atoms with Gasteiger partial charge in [-0.3, -0.25) is 9.89 Å². The van der Waals surface area contributed by atoms with Crippen molar-refractivity contribution in [1.29, 1.82) is 0 Å². The zero-order valence-electron chi connectivity index (χ0n) is 11.9. The lowest BCUT2D eigenvalue weighted by atomic mass is 10.0. The molecule has 2 aromatic rings. The number of carbonyl (C=O) groups is 1. The third kappa shape index (κ3) is 2.97. The summed E-state index contributed by atoms with van der Waals surface area (Å²) in [5.74, 6) is -0.611. The molecular formula is C14H20N4O2. The predicted molar refractivity (Wildman–Crippen MR) is 77.3 cm³/mol. The molecule has 0 aliphatic rings. The lowest BCUT2D eigenvalue weighted by molar-refractivity contribution is 0.0997. The fraction of sp³-hybridized carbons (Fsp3) is 0.429. The number of carbonyl (C=O) groups excluding carboxylic acids is 1. The van der Waals surface area contributed by atoms with Crippen LogP contribution in [-0.4, -0.2) is 33.3 Å². The first-order chi connectivity index (χ1) is 9.29. The summed E-state index contributed by atoms with van der Waals surface area (Å²) in [6.45, 7) is 6.44. The van der Waals surface area contributed by atoms with Gasteiger partial charge in [-0.25, -0.2) is 0 Å². The SMILES string of the molecule is CC(C)(C)NC[C@H](O)c1cccc2[nH]nc(C(N)=O)c12. The smallest absolute Gasteiger partial charge is 0.269 e. The van der Waals surface area contributed by atoms with Gasteiger partial charge in [0, 0.05) is 17.5 Å². The largest absolute Gasteiger partial charge is 0.387 e. The lowest BCUT2D eigenvalue weighted by Gasteiger charge is -2.23. The van der Waals surface area contributed by atoms with E-state index in [2.05, 4.69) is 15.5 Å². The summed E-state index contributed by atoms with van der Waals surface area (Å²) in [5.41, 5.74) is 6.70. The fourth-order valence-corrected chi connectivity index (χ4v) is 2.07. The number of aromatic amines is 1. The van der Waals surface area contributed by atoms with Crippen LogP contribution >= 0.6 is 0 Å². The van der Waals surface area contributed by atoms with Gasteiger partial charge >= 0.3 is 0 Å². The van der Waals surface area contributed by atoms with Crippen molar-refractivity contribution >= 4 is 16.8 Å². The molecule has 108 valence electrons. The highest BCUT2D eigenvalue weighted by molar-refractivity contribution is 6.05. The fourth-order valence-electron chi connectivity index (χ4n) is 2.07. The highest BCUT2D eigenvalue weighted by atomic mass is 16.3. The van der Waals surface area contributed by atoms with Gasteiger partial charge in [0.25, 0.3) is 5.91 Å². The Morgan fingerprint density at radius 3 is 2.80 bits per heavy atom. The number of aromatic nitrogens is 2. The van der Waals surface area contributed by atoms with Crippen LogP contribution in [0.15, 0.2) is 18.2 Å². The van der Waals surface area contributed by atoms with Crippen LogP contribution in [0.25, 0.3) is 10.9 Å². The maximum absolute atomic E-state index is 11.4. The number of aliphatic hydroxyl groups excluding tert-OH is 1. The molecule has 0 spiro atoms. The van der Waals surface area contributed by atoms with Crippen molar-refractivity contribution in [3.05, 3.63) is 29.5 Å². The summed E-state index contributed by atoms with van der Waals surface area (Å²) in [6, 6.07) is 5.38. The van der Waals surface area contributed by atoms with E-state index in [0.717, 1.165) is 0 Å². The molecular weight excluding hydrogens is 256 g/mol. The normalized spacial score (nSPS) is 13.6. The van der Waals surface area contributed by atoms with Crippen LogP contribution in [-0.2, 0) is 0 Å². The first kappa shape index (κ1) is 14.5. The number of nitrogens with two attached hydrogens (primary N) is 1. The number of nitrogens with zero attached hydrogens (tertiary/aromatic N) is 1. The standard InChI is InChI=1S/C14H20N4O2/c1-14(2,3)16-7-10(19)8-5-4-6-9-11(8)12(13(15)20)18-17-9/h4-6,10,16,19H,7H2,1-3H3,(H2,15,20)(H,17,18)/t10-/m0/s1. The van der Waals surface area contributed by atoms with Gasteiger partial charge in [0.05, 0.1) is 11.6 Å². The number of H-pyrrole nitrogens is 1. The Bertz CT molecular complexity index is 628. The number of fused-ring (bicyclic) bond motifs is 1. The summed E-state index contributed by atoms with van der Waals surface area (Å²) in [7, 11) is 0. The Morgan fingerprint density at radius 1 is 1.50 bits per heavy atom. The highest BCUT2D eigenvalue weighted by Gasteiger charge is 2.20. The average molecular weight is 276 g/mol. The lowest BCUT2D eigenvalue weighted by Crippen LogP contribution is -2.38. The molecule has 0 fully saturated rings. The number of rotatable bonds is 4. The third-order valence-corrected chi connectivity index (χ3v) is 3.04. The molecule has 1 aromatic carbocycles. The van der Waals surface area contributed by atoms with Crippen LogP contribution in [0.5, 0.6) is 0 Å². The Kier molecular flexibility index (Phi) is 3.78. The van der Waals surface area contributed by atoms with Crippen LogP contribution in [0, 0.1) is 0 Å². The van der Waals surface area contributed by atoms with Crippen molar-refractivity contribution in [1.82, 2.24) is 15.5 Å². The second kappa shape index (κ2) is 5.22. The van der Waals surface area contributed by atoms with Crippen molar-refractivity contribution in [2.24, 2.45) is 5.73 Å². The van der Waals surface area contributed by atoms with Crippen molar-refractivity contribution in [3.8, 4) is 0 Å². The van der Waals surface area contributed by atoms with E-state index in [1.165, 1.54) is 0 Å². The second-order valence-corrected chi connectivity index (χ2v) is 5.85. The molecule has 6 nitrogen and oxygen atoms in total. The number of hydrogen-bond donors (Lipinski definition) is 4. The Morgan fingerprint density at radius 2 is 2.20 bits per heavy atom. The maximum atomic E-state index is 11.4. The van der Waals surface area contributed by atoms with E-state index in [0.29, 0.717) is 23.0 Å². The Balaban J connectivity index is 2.38. The van der Waals surface area contributed by atoms with Crippen molar-refractivity contribution in [2.45, 2.75) is 32.4 Å². The second-order valence-electron chi connectivity index (χ2n) is 5.85. The van der Waals surface area contributed by atoms with E-state index in [-0.39, 0.29) is 11.2 Å². The van der Waals surface area contributed by atoms with Gasteiger partial charge < -0.3 is 16.2 Å². The van der Waals surface area contributed by atoms with Gasteiger partial charge in [0.2, 0.25) is 0 Å². The monoisotopic (exact) mass is 276 g/mol. The predicted octanol–water partition coefficient (Wildman–Crippen LogP) is 1.08. The summed E-state index contributed by atoms with van der Waals surface area (Å²) in [5, 5.41) is 20.8. The molecule has 0 aliphatic heterocycles. The average Bonchev–Trinajstić information content (AvgIpc) is 2.78. The molecule has 1 amide bonds. The molecule has 20 heavy (non-hydrogen) atoms. The van der Waals surface area contributed by atoms with E-state index < -0.39 is 12.0 Å². The van der Waals surface area contributed by atoms with Crippen molar-refractivity contribution in [2.75, 3.05) is 6.54 Å². The molecule has 0 saturated heterocycles. The summed E-state index contributed by atoms with van der Waals surface area (Å²) in [4.78, 5) is 11.4. The van der Waals surface area contributed by atoms with Crippen LogP contribution in [0.3, 0.4) is 0 Å². The molecule has 0 saturated carbocycles. The van der Waals surface area contributed by atoms with E-state index >= 15 is 0 Å². The molecule has 0 bridgehead atoms. The molecule has 5 N–H and O–H groups in total. The van der Waals surface area contributed by atoms with E-state index in [1.807, 2.05) is 20.8 Å². The highest BCUT2D eigenvalue weighted by Crippen LogP contribution is 2.25. The summed E-state index contributed by atoms with van der Waals surface area (Å²) in [6.07, 6.45) is -0.742. The molecule has 1 heterocycles. The quantitative estimate of drug-likeness (QED) is 0.670. The van der Waals surface area contributed by atoms with Gasteiger partial charge in [-0.1, -0.05) is 12.1 Å². The first-order valence-electron chi connectivity index (χ1n) is 6.49. The molecule has 0 unspecified atom stereocenters. The first-order valence-corrected chi connectivity index (χ1v) is 6.49. The minimum Gasteiger partial charge on any atom is -0.387 e. The zero-order chi connectivity index (χ0) is 14.9. The van der Waals surface area contributed by atoms with Gasteiger partial charge in [0.15, 0.2) is 5.69 Å². The van der Waals surface area contributed by atoms with Gasteiger partial charge in [-0.05, 0) is 32.4 Å². The van der Waals surface area contributed by atoms with Gasteiger partial charge in [0.1, 0.15) is 0 Å². The van der Waals surface area contributed by atoms with Crippen LogP contribution in [0.1, 0.15) is 42.9 Å². The number of primary amides is 1. The number of aliphatic hydroxyl groups is 1. The number of nitrogens with one attached hydrogen (secondary N) is 2. The maximum Gasteiger partial charge on any atom is 0.269 e. The van der Waals surface area contributed by atoms with E-state index in [4.69, 9.17) is 5.73 Å². The van der Waals surface area contributed by atoms with Crippen molar-refractivity contribution < 1.29 is 9.90 Å². The number of hydrogen-bond acceptors (Lipinski definition) is 4. The molecule has 1 aromatic heterocycles. The molecule has 0 aliphatic carbocycles. The van der Waals surface area contributed by atoms with Crippen LogP contribution < -0.4 is 11.1 Å². The number of amides is 1. The molecule has 1 atom stereocenters.